The number of aliphatic hydroxyl groups is 1. The van der Waals surface area contributed by atoms with Gasteiger partial charge in [0.05, 0.1) is 24.1 Å². The lowest BCUT2D eigenvalue weighted by molar-refractivity contribution is -0.163. The fraction of sp³-hybridized carbons (Fsp3) is 0.577. The lowest BCUT2D eigenvalue weighted by atomic mass is 9.79. The SMILES string of the molecule is Cc1cccc(C)c1CN1C[C@@H](SC2=C(C(=O)O)N3C(=O)[C@H]([C@@H](C)O)[C@H]3[C@H]2C)C[C@H]1C(=O)N(C)C. The van der Waals surface area contributed by atoms with Crippen LogP contribution in [0.15, 0.2) is 28.8 Å². The molecule has 0 unspecified atom stereocenters. The van der Waals surface area contributed by atoms with Gasteiger partial charge in [-0.3, -0.25) is 14.5 Å². The number of likely N-dealkylation sites (tertiary alicyclic amines) is 1. The number of nitrogens with zero attached hydrogens (tertiary/aromatic N) is 3. The highest BCUT2D eigenvalue weighted by Crippen LogP contribution is 2.52. The molecule has 6 atom stereocenters. The lowest BCUT2D eigenvalue weighted by Gasteiger charge is -2.46. The number of fused-ring (bicyclic) bond motifs is 1. The molecule has 3 aliphatic heterocycles. The van der Waals surface area contributed by atoms with Crippen LogP contribution in [0.5, 0.6) is 0 Å². The molecular formula is C26H35N3O5S. The maximum Gasteiger partial charge on any atom is 0.353 e. The van der Waals surface area contributed by atoms with Crippen molar-refractivity contribution in [1.82, 2.24) is 14.7 Å². The van der Waals surface area contributed by atoms with E-state index in [1.165, 1.54) is 33.4 Å². The first kappa shape index (κ1) is 25.7. The summed E-state index contributed by atoms with van der Waals surface area (Å²) in [4.78, 5) is 43.8. The highest BCUT2D eigenvalue weighted by atomic mass is 32.2. The molecule has 1 aromatic rings. The molecule has 1 aromatic carbocycles. The number of carbonyl (C=O) groups excluding carboxylic acids is 2. The number of benzene rings is 1. The summed E-state index contributed by atoms with van der Waals surface area (Å²) in [5.41, 5.74) is 3.62. The third-order valence-corrected chi connectivity index (χ3v) is 9.20. The molecular weight excluding hydrogens is 466 g/mol. The summed E-state index contributed by atoms with van der Waals surface area (Å²) in [5.74, 6) is -2.16. The van der Waals surface area contributed by atoms with Crippen molar-refractivity contribution in [1.29, 1.82) is 0 Å². The molecule has 2 saturated heterocycles. The summed E-state index contributed by atoms with van der Waals surface area (Å²) in [6.45, 7) is 8.97. The molecule has 0 saturated carbocycles. The molecule has 4 rings (SSSR count). The topological polar surface area (TPSA) is 101 Å². The summed E-state index contributed by atoms with van der Waals surface area (Å²) in [6, 6.07) is 5.57. The van der Waals surface area contributed by atoms with Gasteiger partial charge in [0, 0.05) is 43.3 Å². The van der Waals surface area contributed by atoms with Crippen molar-refractivity contribution in [2.45, 2.75) is 64.1 Å². The van der Waals surface area contributed by atoms with Gasteiger partial charge in [0.2, 0.25) is 11.8 Å². The van der Waals surface area contributed by atoms with Crippen LogP contribution in [0.1, 0.15) is 37.0 Å². The number of thioether (sulfide) groups is 1. The number of carboxylic acids is 1. The third kappa shape index (κ3) is 4.38. The Morgan fingerprint density at radius 2 is 1.86 bits per heavy atom. The third-order valence-electron chi connectivity index (χ3n) is 7.70. The highest BCUT2D eigenvalue weighted by Gasteiger charge is 2.60. The monoisotopic (exact) mass is 501 g/mol. The zero-order valence-corrected chi connectivity index (χ0v) is 22.0. The number of amides is 2. The molecule has 9 heteroatoms. The highest BCUT2D eigenvalue weighted by molar-refractivity contribution is 8.03. The number of β-lactam (4-membered cyclic amide) rings is 1. The minimum Gasteiger partial charge on any atom is -0.477 e. The predicted octanol–water partition coefficient (Wildman–Crippen LogP) is 2.22. The van der Waals surface area contributed by atoms with E-state index < -0.39 is 18.0 Å². The van der Waals surface area contributed by atoms with Crippen molar-refractivity contribution in [2.75, 3.05) is 20.6 Å². The van der Waals surface area contributed by atoms with Crippen molar-refractivity contribution >= 4 is 29.5 Å². The Hall–Kier alpha value is -2.36. The van der Waals surface area contributed by atoms with Crippen LogP contribution < -0.4 is 0 Å². The second-order valence-electron chi connectivity index (χ2n) is 10.3. The molecule has 0 aliphatic carbocycles. The van der Waals surface area contributed by atoms with Gasteiger partial charge in [0.1, 0.15) is 5.70 Å². The molecule has 0 radical (unpaired) electrons. The molecule has 0 spiro atoms. The Bertz CT molecular complexity index is 1060. The number of aliphatic hydroxyl groups excluding tert-OH is 1. The largest absolute Gasteiger partial charge is 0.477 e. The van der Waals surface area contributed by atoms with Crippen LogP contribution in [0, 0.1) is 25.7 Å². The molecule has 35 heavy (non-hydrogen) atoms. The minimum absolute atomic E-state index is 0.0128. The molecule has 8 nitrogen and oxygen atoms in total. The van der Waals surface area contributed by atoms with Crippen molar-refractivity contribution in [3.63, 3.8) is 0 Å². The molecule has 2 N–H and O–H groups in total. The van der Waals surface area contributed by atoms with Crippen LogP contribution in [0.25, 0.3) is 0 Å². The van der Waals surface area contributed by atoms with Gasteiger partial charge in [-0.25, -0.2) is 4.79 Å². The smallest absolute Gasteiger partial charge is 0.353 e. The Morgan fingerprint density at radius 1 is 1.23 bits per heavy atom. The van der Waals surface area contributed by atoms with E-state index in [0.29, 0.717) is 24.4 Å². The molecule has 190 valence electrons. The van der Waals surface area contributed by atoms with E-state index in [-0.39, 0.29) is 40.8 Å². The van der Waals surface area contributed by atoms with Crippen molar-refractivity contribution in [3.05, 3.63) is 45.5 Å². The normalized spacial score (nSPS) is 29.3. The summed E-state index contributed by atoms with van der Waals surface area (Å²) >= 11 is 1.49. The first-order valence-electron chi connectivity index (χ1n) is 12.1. The number of hydrogen-bond donors (Lipinski definition) is 2. The van der Waals surface area contributed by atoms with Crippen LogP contribution in [0.3, 0.4) is 0 Å². The quantitative estimate of drug-likeness (QED) is 0.553. The number of carbonyl (C=O) groups is 3. The van der Waals surface area contributed by atoms with Gasteiger partial charge in [-0.15, -0.1) is 11.8 Å². The first-order chi connectivity index (χ1) is 16.4. The zero-order chi connectivity index (χ0) is 25.8. The second-order valence-corrected chi connectivity index (χ2v) is 11.6. The van der Waals surface area contributed by atoms with Gasteiger partial charge < -0.3 is 20.0 Å². The zero-order valence-electron chi connectivity index (χ0n) is 21.2. The molecule has 2 amide bonds. The van der Waals surface area contributed by atoms with Gasteiger partial charge in [0.15, 0.2) is 0 Å². The van der Waals surface area contributed by atoms with Crippen molar-refractivity contribution in [2.24, 2.45) is 11.8 Å². The Balaban J connectivity index is 1.60. The fourth-order valence-electron chi connectivity index (χ4n) is 5.84. The maximum atomic E-state index is 13.1. The van der Waals surface area contributed by atoms with Crippen LogP contribution in [0.4, 0.5) is 0 Å². The first-order valence-corrected chi connectivity index (χ1v) is 13.0. The van der Waals surface area contributed by atoms with E-state index >= 15 is 0 Å². The fourth-order valence-corrected chi connectivity index (χ4v) is 7.39. The molecule has 2 fully saturated rings. The number of rotatable bonds is 7. The summed E-state index contributed by atoms with van der Waals surface area (Å²) in [7, 11) is 3.52. The van der Waals surface area contributed by atoms with E-state index in [9.17, 15) is 24.6 Å². The summed E-state index contributed by atoms with van der Waals surface area (Å²) in [5, 5.41) is 20.1. The van der Waals surface area contributed by atoms with E-state index in [1.807, 2.05) is 13.0 Å². The summed E-state index contributed by atoms with van der Waals surface area (Å²) in [6.07, 6.45) is -0.222. The number of aliphatic carboxylic acids is 1. The average Bonchev–Trinajstić information content (AvgIpc) is 3.27. The number of likely N-dealkylation sites (N-methyl/N-ethyl adjacent to an activating group) is 1. The van der Waals surface area contributed by atoms with Crippen molar-refractivity contribution < 1.29 is 24.6 Å². The Morgan fingerprint density at radius 3 is 2.40 bits per heavy atom. The average molecular weight is 502 g/mol. The van der Waals surface area contributed by atoms with Gasteiger partial charge in [-0.2, -0.15) is 0 Å². The lowest BCUT2D eigenvalue weighted by Crippen LogP contribution is -2.63. The standard InChI is InChI=1S/C26H35N3O5S/c1-13-8-7-9-14(2)18(13)12-28-11-17(10-19(28)24(31)27(5)6)35-23-15(3)21-20(16(4)30)25(32)29(21)22(23)26(33)34/h7-9,15-17,19-21,30H,10-12H2,1-6H3,(H,33,34)/t15-,16-,17+,19+,20-,21-/m1/s1. The number of hydrogen-bond acceptors (Lipinski definition) is 6. The summed E-state index contributed by atoms with van der Waals surface area (Å²) < 4.78 is 0. The molecule has 3 aliphatic rings. The van der Waals surface area contributed by atoms with Gasteiger partial charge in [-0.1, -0.05) is 25.1 Å². The molecule has 3 heterocycles. The van der Waals surface area contributed by atoms with Gasteiger partial charge >= 0.3 is 5.97 Å². The molecule has 0 bridgehead atoms. The Labute approximate surface area is 210 Å². The van der Waals surface area contributed by atoms with Crippen LogP contribution >= 0.6 is 11.8 Å². The van der Waals surface area contributed by atoms with E-state index in [2.05, 4.69) is 30.9 Å². The van der Waals surface area contributed by atoms with Crippen molar-refractivity contribution in [3.8, 4) is 0 Å². The number of carboxylic acid groups (broad SMARTS) is 1. The predicted molar refractivity (Wildman–Crippen MR) is 134 cm³/mol. The van der Waals surface area contributed by atoms with Crippen LogP contribution in [-0.2, 0) is 20.9 Å². The number of aryl methyl sites for hydroxylation is 2. The van der Waals surface area contributed by atoms with Gasteiger partial charge in [0.25, 0.3) is 0 Å². The maximum absolute atomic E-state index is 13.1. The van der Waals surface area contributed by atoms with E-state index in [0.717, 1.165) is 0 Å². The van der Waals surface area contributed by atoms with Crippen LogP contribution in [-0.4, -0.2) is 86.8 Å². The molecule has 0 aromatic heterocycles. The van der Waals surface area contributed by atoms with E-state index in [1.54, 1.807) is 25.9 Å². The second kappa shape index (κ2) is 9.59. The van der Waals surface area contributed by atoms with Gasteiger partial charge in [-0.05, 0) is 43.9 Å². The van der Waals surface area contributed by atoms with Crippen LogP contribution in [0.2, 0.25) is 0 Å². The minimum atomic E-state index is -1.12. The van der Waals surface area contributed by atoms with E-state index in [4.69, 9.17) is 0 Å². The Kier molecular flexibility index (Phi) is 7.05.